The van der Waals surface area contributed by atoms with Gasteiger partial charge in [0.15, 0.2) is 0 Å². The Labute approximate surface area is 201 Å². The molecule has 2 aromatic heterocycles. The van der Waals surface area contributed by atoms with Gasteiger partial charge in [-0.25, -0.2) is 20.0 Å². The molecule has 3 rings (SSSR count). The summed E-state index contributed by atoms with van der Waals surface area (Å²) in [5.41, 5.74) is 4.06. The number of hydrazine groups is 1. The zero-order chi connectivity index (χ0) is 24.2. The van der Waals surface area contributed by atoms with Crippen molar-refractivity contribution in [1.29, 1.82) is 5.26 Å². The van der Waals surface area contributed by atoms with Crippen LogP contribution in [0.3, 0.4) is 0 Å². The molecule has 0 aromatic carbocycles. The number of hydrogen-bond donors (Lipinski definition) is 3. The Morgan fingerprint density at radius 3 is 2.29 bits per heavy atom. The molecule has 2 aromatic rings. The van der Waals surface area contributed by atoms with Crippen molar-refractivity contribution in [3.05, 3.63) is 60.2 Å². The summed E-state index contributed by atoms with van der Waals surface area (Å²) in [7, 11) is 0. The van der Waals surface area contributed by atoms with Crippen LogP contribution in [0.4, 0.5) is 9.59 Å². The molecule has 0 bridgehead atoms. The van der Waals surface area contributed by atoms with Crippen molar-refractivity contribution in [2.75, 3.05) is 31.3 Å². The Kier molecular flexibility index (Phi) is 9.48. The Bertz CT molecular complexity index is 1000. The largest absolute Gasteiger partial charge is 0.336 e. The summed E-state index contributed by atoms with van der Waals surface area (Å²) in [6.07, 6.45) is 4.34. The molecule has 1 saturated heterocycles. The maximum Gasteiger partial charge on any atom is 0.336 e. The molecule has 1 aliphatic heterocycles. The van der Waals surface area contributed by atoms with E-state index in [0.29, 0.717) is 31.0 Å². The van der Waals surface area contributed by atoms with Crippen LogP contribution in [-0.4, -0.2) is 75.2 Å². The second-order valence-corrected chi connectivity index (χ2v) is 8.34. The SMILES string of the molecule is N#CC1CSCN1C(=O)CN(NC(=O)NCCc1ccccn1)C(=O)NCCc1ccccn1. The number of hydrogen-bond acceptors (Lipinski definition) is 7. The Hall–Kier alpha value is -3.85. The molecular formula is C22H26N8O3S. The number of amides is 5. The van der Waals surface area contributed by atoms with Gasteiger partial charge in [0.1, 0.15) is 12.6 Å². The molecule has 3 heterocycles. The van der Waals surface area contributed by atoms with Crippen molar-refractivity contribution in [1.82, 2.24) is 35.9 Å². The minimum Gasteiger partial charge on any atom is -0.336 e. The van der Waals surface area contributed by atoms with Crippen molar-refractivity contribution in [2.24, 2.45) is 0 Å². The molecule has 1 unspecified atom stereocenters. The molecule has 0 radical (unpaired) electrons. The van der Waals surface area contributed by atoms with Gasteiger partial charge in [0, 0.05) is 55.5 Å². The molecule has 12 heteroatoms. The number of thioether (sulfide) groups is 1. The lowest BCUT2D eigenvalue weighted by molar-refractivity contribution is -0.131. The fraction of sp³-hybridized carbons (Fsp3) is 0.364. The minimum absolute atomic E-state index is 0.268. The number of nitriles is 1. The summed E-state index contributed by atoms with van der Waals surface area (Å²) in [4.78, 5) is 47.7. The summed E-state index contributed by atoms with van der Waals surface area (Å²) in [5, 5.41) is 15.5. The first-order valence-electron chi connectivity index (χ1n) is 10.7. The zero-order valence-electron chi connectivity index (χ0n) is 18.5. The summed E-state index contributed by atoms with van der Waals surface area (Å²) < 4.78 is 0. The van der Waals surface area contributed by atoms with Gasteiger partial charge < -0.3 is 15.5 Å². The lowest BCUT2D eigenvalue weighted by Gasteiger charge is -2.26. The van der Waals surface area contributed by atoms with E-state index in [0.717, 1.165) is 16.4 Å². The third-order valence-corrected chi connectivity index (χ3v) is 5.92. The highest BCUT2D eigenvalue weighted by Gasteiger charge is 2.31. The molecule has 5 amide bonds. The van der Waals surface area contributed by atoms with Crippen LogP contribution in [0, 0.1) is 11.3 Å². The van der Waals surface area contributed by atoms with Gasteiger partial charge in [-0.1, -0.05) is 12.1 Å². The van der Waals surface area contributed by atoms with Gasteiger partial charge in [0.05, 0.1) is 11.9 Å². The second kappa shape index (κ2) is 13.0. The number of carbonyl (C=O) groups excluding carboxylic acids is 3. The van der Waals surface area contributed by atoms with Gasteiger partial charge >= 0.3 is 12.1 Å². The van der Waals surface area contributed by atoms with Crippen LogP contribution in [0.15, 0.2) is 48.8 Å². The first-order chi connectivity index (χ1) is 16.6. The van der Waals surface area contributed by atoms with E-state index in [1.165, 1.54) is 16.7 Å². The van der Waals surface area contributed by atoms with Gasteiger partial charge in [0.2, 0.25) is 5.91 Å². The number of urea groups is 2. The van der Waals surface area contributed by atoms with Crippen LogP contribution in [-0.2, 0) is 17.6 Å². The molecular weight excluding hydrogens is 456 g/mol. The number of carbonyl (C=O) groups is 3. The normalized spacial score (nSPS) is 14.7. The van der Waals surface area contributed by atoms with E-state index >= 15 is 0 Å². The quantitative estimate of drug-likeness (QED) is 0.475. The fourth-order valence-corrected chi connectivity index (χ4v) is 4.24. The van der Waals surface area contributed by atoms with Gasteiger partial charge in [-0.3, -0.25) is 14.8 Å². The van der Waals surface area contributed by atoms with Crippen molar-refractivity contribution < 1.29 is 14.4 Å². The Balaban J connectivity index is 1.55. The minimum atomic E-state index is -0.635. The van der Waals surface area contributed by atoms with E-state index in [-0.39, 0.29) is 6.54 Å². The maximum absolute atomic E-state index is 12.8. The molecule has 0 saturated carbocycles. The monoisotopic (exact) mass is 482 g/mol. The highest BCUT2D eigenvalue weighted by atomic mass is 32.2. The van der Waals surface area contributed by atoms with Crippen LogP contribution in [0.1, 0.15) is 11.4 Å². The number of rotatable bonds is 8. The van der Waals surface area contributed by atoms with Crippen LogP contribution in [0.25, 0.3) is 0 Å². The molecule has 11 nitrogen and oxygen atoms in total. The molecule has 0 spiro atoms. The molecule has 34 heavy (non-hydrogen) atoms. The summed E-state index contributed by atoms with van der Waals surface area (Å²) in [5.74, 6) is 0.452. The highest BCUT2D eigenvalue weighted by molar-refractivity contribution is 7.99. The standard InChI is InChI=1S/C22H26N8O3S/c23-13-19-15-34-16-29(19)20(31)14-30(22(33)27-12-8-18-6-2-4-10-25-18)28-21(32)26-11-7-17-5-1-3-9-24-17/h1-6,9-10,19H,7-8,11-12,14-16H2,(H,27,33)(H2,26,28,32). The average molecular weight is 483 g/mol. The van der Waals surface area contributed by atoms with Crippen molar-refractivity contribution in [3.8, 4) is 6.07 Å². The van der Waals surface area contributed by atoms with Crippen molar-refractivity contribution >= 4 is 29.7 Å². The number of aromatic nitrogens is 2. The first kappa shape index (κ1) is 24.8. The van der Waals surface area contributed by atoms with Gasteiger partial charge in [-0.15, -0.1) is 11.8 Å². The number of pyridine rings is 2. The molecule has 0 aliphatic carbocycles. The second-order valence-electron chi connectivity index (χ2n) is 7.34. The Morgan fingerprint density at radius 2 is 1.71 bits per heavy atom. The Morgan fingerprint density at radius 1 is 1.06 bits per heavy atom. The first-order valence-corrected chi connectivity index (χ1v) is 11.9. The van der Waals surface area contributed by atoms with Gasteiger partial charge in [-0.2, -0.15) is 5.26 Å². The molecule has 1 fully saturated rings. The lowest BCUT2D eigenvalue weighted by Crippen LogP contribution is -2.57. The van der Waals surface area contributed by atoms with Gasteiger partial charge in [-0.05, 0) is 24.3 Å². The van der Waals surface area contributed by atoms with Crippen LogP contribution >= 0.6 is 11.8 Å². The van der Waals surface area contributed by atoms with E-state index in [4.69, 9.17) is 0 Å². The predicted octanol–water partition coefficient (Wildman–Crippen LogP) is 0.913. The molecule has 1 aliphatic rings. The smallest absolute Gasteiger partial charge is 0.336 e. The highest BCUT2D eigenvalue weighted by Crippen LogP contribution is 2.20. The molecule has 3 N–H and O–H groups in total. The van der Waals surface area contributed by atoms with Crippen LogP contribution in [0.2, 0.25) is 0 Å². The fourth-order valence-electron chi connectivity index (χ4n) is 3.13. The van der Waals surface area contributed by atoms with Crippen molar-refractivity contribution in [3.63, 3.8) is 0 Å². The lowest BCUT2D eigenvalue weighted by atomic mass is 10.3. The predicted molar refractivity (Wildman–Crippen MR) is 126 cm³/mol. The van der Waals surface area contributed by atoms with E-state index in [9.17, 15) is 19.6 Å². The summed E-state index contributed by atoms with van der Waals surface area (Å²) >= 11 is 1.46. The van der Waals surface area contributed by atoms with Crippen molar-refractivity contribution in [2.45, 2.75) is 18.9 Å². The van der Waals surface area contributed by atoms with E-state index in [2.05, 4.69) is 32.1 Å². The third-order valence-electron chi connectivity index (χ3n) is 4.90. The van der Waals surface area contributed by atoms with E-state index < -0.39 is 30.6 Å². The summed E-state index contributed by atoms with van der Waals surface area (Å²) in [6, 6.07) is 11.3. The van der Waals surface area contributed by atoms with E-state index in [1.54, 1.807) is 24.5 Å². The average Bonchev–Trinajstić information content (AvgIpc) is 3.34. The third kappa shape index (κ3) is 7.63. The maximum atomic E-state index is 12.8. The number of nitrogens with zero attached hydrogens (tertiary/aromatic N) is 5. The summed E-state index contributed by atoms with van der Waals surface area (Å²) in [6.45, 7) is 0.164. The molecule has 178 valence electrons. The van der Waals surface area contributed by atoms with Crippen LogP contribution in [0.5, 0.6) is 0 Å². The molecule has 1 atom stereocenters. The van der Waals surface area contributed by atoms with Gasteiger partial charge in [0.25, 0.3) is 0 Å². The number of nitrogens with one attached hydrogen (secondary N) is 3. The topological polar surface area (TPSA) is 143 Å². The van der Waals surface area contributed by atoms with E-state index in [1.807, 2.05) is 24.3 Å². The van der Waals surface area contributed by atoms with Crippen LogP contribution < -0.4 is 16.1 Å². The zero-order valence-corrected chi connectivity index (χ0v) is 19.3.